The van der Waals surface area contributed by atoms with Crippen molar-refractivity contribution in [3.05, 3.63) is 29.7 Å². The van der Waals surface area contributed by atoms with Crippen LogP contribution in [0.25, 0.3) is 5.65 Å². The number of piperazine rings is 1. The number of aryl methyl sites for hydroxylation is 2. The number of hydrogen-bond acceptors (Lipinski definition) is 8. The van der Waals surface area contributed by atoms with Gasteiger partial charge in [-0.1, -0.05) is 0 Å². The Balaban J connectivity index is 1.32. The van der Waals surface area contributed by atoms with Crippen LogP contribution in [0.5, 0.6) is 0 Å². The molecule has 2 fully saturated rings. The fourth-order valence-corrected chi connectivity index (χ4v) is 3.98. The maximum absolute atomic E-state index is 4.87. The van der Waals surface area contributed by atoms with E-state index in [0.717, 1.165) is 74.0 Å². The minimum atomic E-state index is 0.783. The van der Waals surface area contributed by atoms with Crippen molar-refractivity contribution in [3.63, 3.8) is 0 Å². The third-order valence-corrected chi connectivity index (χ3v) is 5.55. The van der Waals surface area contributed by atoms with Crippen LogP contribution in [0.2, 0.25) is 0 Å². The van der Waals surface area contributed by atoms with Gasteiger partial charge in [-0.15, -0.1) is 15.3 Å². The minimum absolute atomic E-state index is 0.783. The molecule has 3 aromatic heterocycles. The number of rotatable bonds is 3. The summed E-state index contributed by atoms with van der Waals surface area (Å²) in [6.45, 7) is 9.74. The van der Waals surface area contributed by atoms with Gasteiger partial charge in [-0.3, -0.25) is 0 Å². The van der Waals surface area contributed by atoms with E-state index >= 15 is 0 Å². The second-order valence-corrected chi connectivity index (χ2v) is 7.54. The fraction of sp³-hybridized carbons (Fsp3) is 0.526. The van der Waals surface area contributed by atoms with Gasteiger partial charge in [0, 0.05) is 51.0 Å². The predicted octanol–water partition coefficient (Wildman–Crippen LogP) is 1.46. The maximum atomic E-state index is 4.87. The lowest BCUT2D eigenvalue weighted by Crippen LogP contribution is -2.47. The summed E-state index contributed by atoms with van der Waals surface area (Å²) in [5.41, 5.74) is 1.82. The normalized spacial score (nSPS) is 17.7. The lowest BCUT2D eigenvalue weighted by atomic mass is 10.3. The standard InChI is InChI=1S/C19H25N9/c1-14-13-18(21-19(20-14)27-7-3-4-8-27)26-11-9-25(10-12-26)17-6-5-16-23-22-15(2)28(16)24-17/h5-6,13H,3-4,7-12H2,1-2H3. The third kappa shape index (κ3) is 3.10. The Morgan fingerprint density at radius 3 is 2.21 bits per heavy atom. The average Bonchev–Trinajstić information content (AvgIpc) is 3.38. The topological polar surface area (TPSA) is 78.6 Å². The zero-order chi connectivity index (χ0) is 19.1. The highest BCUT2D eigenvalue weighted by Crippen LogP contribution is 2.23. The minimum Gasteiger partial charge on any atom is -0.353 e. The van der Waals surface area contributed by atoms with Crippen molar-refractivity contribution < 1.29 is 0 Å². The largest absolute Gasteiger partial charge is 0.353 e. The first-order valence-electron chi connectivity index (χ1n) is 9.97. The fourth-order valence-electron chi connectivity index (χ4n) is 3.98. The summed E-state index contributed by atoms with van der Waals surface area (Å²) in [4.78, 5) is 16.5. The van der Waals surface area contributed by atoms with Crippen molar-refractivity contribution in [2.75, 3.05) is 54.0 Å². The van der Waals surface area contributed by atoms with E-state index in [1.165, 1.54) is 12.8 Å². The molecule has 9 heteroatoms. The molecule has 0 saturated carbocycles. The number of nitrogens with zero attached hydrogens (tertiary/aromatic N) is 9. The summed E-state index contributed by atoms with van der Waals surface area (Å²) in [6.07, 6.45) is 2.46. The molecule has 2 aliphatic heterocycles. The molecule has 9 nitrogen and oxygen atoms in total. The van der Waals surface area contributed by atoms with Crippen LogP contribution in [0.1, 0.15) is 24.4 Å². The first-order valence-corrected chi connectivity index (χ1v) is 9.97. The van der Waals surface area contributed by atoms with E-state index in [0.29, 0.717) is 0 Å². The van der Waals surface area contributed by atoms with Crippen molar-refractivity contribution in [3.8, 4) is 0 Å². The van der Waals surface area contributed by atoms with Crippen molar-refractivity contribution in [2.45, 2.75) is 26.7 Å². The van der Waals surface area contributed by atoms with Crippen molar-refractivity contribution in [1.29, 1.82) is 0 Å². The highest BCUT2D eigenvalue weighted by molar-refractivity contribution is 5.50. The van der Waals surface area contributed by atoms with Gasteiger partial charge in [0.1, 0.15) is 11.6 Å². The second-order valence-electron chi connectivity index (χ2n) is 7.54. The Bertz CT molecular complexity index is 984. The molecule has 0 aliphatic carbocycles. The van der Waals surface area contributed by atoms with Gasteiger partial charge < -0.3 is 14.7 Å². The van der Waals surface area contributed by atoms with Gasteiger partial charge in [0.15, 0.2) is 11.5 Å². The Labute approximate surface area is 164 Å². The third-order valence-electron chi connectivity index (χ3n) is 5.55. The van der Waals surface area contributed by atoms with E-state index in [9.17, 15) is 0 Å². The first kappa shape index (κ1) is 17.2. The predicted molar refractivity (Wildman–Crippen MR) is 108 cm³/mol. The van der Waals surface area contributed by atoms with Crippen molar-refractivity contribution in [2.24, 2.45) is 0 Å². The zero-order valence-corrected chi connectivity index (χ0v) is 16.4. The second kappa shape index (κ2) is 6.88. The van der Waals surface area contributed by atoms with Gasteiger partial charge in [0.05, 0.1) is 0 Å². The number of anilines is 3. The Morgan fingerprint density at radius 2 is 1.46 bits per heavy atom. The smallest absolute Gasteiger partial charge is 0.227 e. The van der Waals surface area contributed by atoms with Gasteiger partial charge in [-0.05, 0) is 38.8 Å². The molecule has 0 bridgehead atoms. The van der Waals surface area contributed by atoms with Crippen LogP contribution in [0, 0.1) is 13.8 Å². The van der Waals surface area contributed by atoms with E-state index in [4.69, 9.17) is 10.1 Å². The molecule has 2 saturated heterocycles. The van der Waals surface area contributed by atoms with E-state index in [2.05, 4.69) is 42.9 Å². The van der Waals surface area contributed by atoms with E-state index < -0.39 is 0 Å². The molecule has 3 aromatic rings. The summed E-state index contributed by atoms with van der Waals surface area (Å²) in [5, 5.41) is 12.9. The highest BCUT2D eigenvalue weighted by atomic mass is 15.4. The molecule has 0 spiro atoms. The summed E-state index contributed by atoms with van der Waals surface area (Å²) < 4.78 is 1.80. The van der Waals surface area contributed by atoms with Gasteiger partial charge >= 0.3 is 0 Å². The van der Waals surface area contributed by atoms with Crippen LogP contribution >= 0.6 is 0 Å². The van der Waals surface area contributed by atoms with Gasteiger partial charge in [-0.25, -0.2) is 4.98 Å². The van der Waals surface area contributed by atoms with Crippen LogP contribution in [-0.2, 0) is 0 Å². The van der Waals surface area contributed by atoms with Crippen LogP contribution < -0.4 is 14.7 Å². The lowest BCUT2D eigenvalue weighted by molar-refractivity contribution is 0.634. The van der Waals surface area contributed by atoms with Crippen LogP contribution in [-0.4, -0.2) is 69.0 Å². The van der Waals surface area contributed by atoms with Gasteiger partial charge in [0.2, 0.25) is 5.95 Å². The number of hydrogen-bond donors (Lipinski definition) is 0. The SMILES string of the molecule is Cc1cc(N2CCN(c3ccc4nnc(C)n4n3)CC2)nc(N2CCCC2)n1. The summed E-state index contributed by atoms with van der Waals surface area (Å²) in [5.74, 6) is 3.69. The molecule has 5 heterocycles. The molecule has 0 N–H and O–H groups in total. The maximum Gasteiger partial charge on any atom is 0.227 e. The lowest BCUT2D eigenvalue weighted by Gasteiger charge is -2.36. The Hall–Kier alpha value is -2.97. The van der Waals surface area contributed by atoms with E-state index in [1.807, 2.05) is 19.1 Å². The molecular formula is C19H25N9. The van der Waals surface area contributed by atoms with Crippen LogP contribution in [0.15, 0.2) is 18.2 Å². The quantitative estimate of drug-likeness (QED) is 0.677. The van der Waals surface area contributed by atoms with Crippen molar-refractivity contribution >= 4 is 23.2 Å². The molecule has 28 heavy (non-hydrogen) atoms. The summed E-state index contributed by atoms with van der Waals surface area (Å²) in [6, 6.07) is 6.10. The monoisotopic (exact) mass is 379 g/mol. The molecule has 0 atom stereocenters. The molecule has 0 unspecified atom stereocenters. The Kier molecular flexibility index (Phi) is 4.22. The Morgan fingerprint density at radius 1 is 0.750 bits per heavy atom. The van der Waals surface area contributed by atoms with Gasteiger partial charge in [-0.2, -0.15) is 9.50 Å². The summed E-state index contributed by atoms with van der Waals surface area (Å²) >= 11 is 0. The number of fused-ring (bicyclic) bond motifs is 1. The number of aromatic nitrogens is 6. The average molecular weight is 379 g/mol. The summed E-state index contributed by atoms with van der Waals surface area (Å²) in [7, 11) is 0. The highest BCUT2D eigenvalue weighted by Gasteiger charge is 2.22. The molecular weight excluding hydrogens is 354 g/mol. The molecule has 146 valence electrons. The van der Waals surface area contributed by atoms with Crippen molar-refractivity contribution in [1.82, 2.24) is 29.8 Å². The van der Waals surface area contributed by atoms with E-state index in [-0.39, 0.29) is 0 Å². The van der Waals surface area contributed by atoms with Crippen LogP contribution in [0.3, 0.4) is 0 Å². The molecule has 0 amide bonds. The molecule has 2 aliphatic rings. The van der Waals surface area contributed by atoms with Crippen LogP contribution in [0.4, 0.5) is 17.6 Å². The first-order chi connectivity index (χ1) is 13.7. The zero-order valence-electron chi connectivity index (χ0n) is 16.4. The van der Waals surface area contributed by atoms with Gasteiger partial charge in [0.25, 0.3) is 0 Å². The molecule has 5 rings (SSSR count). The van der Waals surface area contributed by atoms with E-state index in [1.54, 1.807) is 4.52 Å². The molecule has 0 radical (unpaired) electrons. The molecule has 0 aromatic carbocycles.